The van der Waals surface area contributed by atoms with Crippen LogP contribution in [0, 0.1) is 0 Å². The van der Waals surface area contributed by atoms with Crippen LogP contribution in [0.3, 0.4) is 0 Å². The molecule has 0 saturated carbocycles. The Morgan fingerprint density at radius 2 is 1.68 bits per heavy atom. The first-order valence-corrected chi connectivity index (χ1v) is 10.7. The average molecular weight is 455 g/mol. The summed E-state index contributed by atoms with van der Waals surface area (Å²) in [6.45, 7) is 0. The van der Waals surface area contributed by atoms with Crippen LogP contribution in [0.2, 0.25) is 0 Å². The number of primary sulfonamides is 1. The summed E-state index contributed by atoms with van der Waals surface area (Å²) in [5, 5.41) is 9.20. The van der Waals surface area contributed by atoms with Gasteiger partial charge in [0.1, 0.15) is 0 Å². The lowest BCUT2D eigenvalue weighted by atomic mass is 10.1. The summed E-state index contributed by atoms with van der Waals surface area (Å²) in [6, 6.07) is 21.8. The highest BCUT2D eigenvalue weighted by Gasteiger charge is 2.12. The summed E-state index contributed by atoms with van der Waals surface area (Å²) < 4.78 is 24.1. The van der Waals surface area contributed by atoms with Crippen molar-refractivity contribution in [3.8, 4) is 11.3 Å². The third kappa shape index (κ3) is 3.89. The molecule has 0 unspecified atom stereocenters. The molecule has 4 aromatic rings. The van der Waals surface area contributed by atoms with Gasteiger partial charge in [0.05, 0.1) is 16.1 Å². The van der Waals surface area contributed by atoms with Gasteiger partial charge in [-0.1, -0.05) is 52.3 Å². The number of fused-ring (bicyclic) bond motifs is 1. The predicted octanol–water partition coefficient (Wildman–Crippen LogP) is 4.45. The first kappa shape index (κ1) is 18.5. The van der Waals surface area contributed by atoms with Crippen molar-refractivity contribution in [1.82, 2.24) is 9.97 Å². The number of aromatic nitrogens is 2. The molecule has 28 heavy (non-hydrogen) atoms. The second kappa shape index (κ2) is 7.31. The van der Waals surface area contributed by atoms with Crippen molar-refractivity contribution < 1.29 is 8.42 Å². The Kier molecular flexibility index (Phi) is 4.84. The number of rotatable bonds is 4. The van der Waals surface area contributed by atoms with E-state index in [1.165, 1.54) is 12.1 Å². The highest BCUT2D eigenvalue weighted by Crippen LogP contribution is 2.30. The van der Waals surface area contributed by atoms with Gasteiger partial charge in [0.2, 0.25) is 16.0 Å². The van der Waals surface area contributed by atoms with Gasteiger partial charge >= 0.3 is 0 Å². The lowest BCUT2D eigenvalue weighted by Gasteiger charge is -2.11. The number of nitrogens with two attached hydrogens (primary N) is 1. The van der Waals surface area contributed by atoms with E-state index in [0.717, 1.165) is 26.6 Å². The fourth-order valence-electron chi connectivity index (χ4n) is 2.85. The number of halogens is 1. The first-order chi connectivity index (χ1) is 13.4. The number of nitrogens with one attached hydrogen (secondary N) is 1. The molecule has 8 heteroatoms. The molecule has 0 bridgehead atoms. The molecule has 0 spiro atoms. The van der Waals surface area contributed by atoms with E-state index < -0.39 is 10.0 Å². The van der Waals surface area contributed by atoms with E-state index >= 15 is 0 Å². The van der Waals surface area contributed by atoms with Crippen LogP contribution in [0.4, 0.5) is 11.6 Å². The van der Waals surface area contributed by atoms with E-state index in [-0.39, 0.29) is 4.90 Å². The molecular formula is C20H15BrN4O2S. The van der Waals surface area contributed by atoms with E-state index in [9.17, 15) is 8.42 Å². The van der Waals surface area contributed by atoms with Crippen LogP contribution in [0.25, 0.3) is 22.2 Å². The topological polar surface area (TPSA) is 98.0 Å². The van der Waals surface area contributed by atoms with E-state index in [1.807, 2.05) is 48.5 Å². The Bertz CT molecular complexity index is 1280. The second-order valence-corrected chi connectivity index (χ2v) is 8.60. The zero-order valence-corrected chi connectivity index (χ0v) is 16.9. The van der Waals surface area contributed by atoms with Crippen molar-refractivity contribution in [2.75, 3.05) is 5.32 Å². The van der Waals surface area contributed by atoms with Crippen LogP contribution in [-0.2, 0) is 10.0 Å². The summed E-state index contributed by atoms with van der Waals surface area (Å²) in [5.74, 6) is 0.361. The van der Waals surface area contributed by atoms with E-state index in [1.54, 1.807) is 12.1 Å². The molecule has 0 atom stereocenters. The molecule has 0 aliphatic heterocycles. The molecule has 0 aliphatic carbocycles. The first-order valence-electron chi connectivity index (χ1n) is 8.33. The van der Waals surface area contributed by atoms with Crippen LogP contribution in [0.15, 0.2) is 82.2 Å². The Morgan fingerprint density at radius 3 is 2.43 bits per heavy atom. The third-order valence-electron chi connectivity index (χ3n) is 4.12. The molecule has 0 radical (unpaired) electrons. The molecule has 3 aromatic carbocycles. The number of nitrogens with zero attached hydrogens (tertiary/aromatic N) is 2. The Balaban J connectivity index is 1.84. The summed E-state index contributed by atoms with van der Waals surface area (Å²) >= 11 is 3.50. The van der Waals surface area contributed by atoms with Crippen molar-refractivity contribution in [2.45, 2.75) is 4.90 Å². The second-order valence-electron chi connectivity index (χ2n) is 6.12. The maximum Gasteiger partial charge on any atom is 0.238 e. The normalized spacial score (nSPS) is 11.5. The molecule has 0 saturated heterocycles. The number of sulfonamides is 1. The standard InChI is InChI=1S/C20H15BrN4O2S/c21-14-9-10-18-17(11-14)19(13-5-2-1-3-6-13)25-20(24-18)23-15-7-4-8-16(12-15)28(22,26)27/h1-12H,(H2,22,26,27)(H,23,24,25). The monoisotopic (exact) mass is 454 g/mol. The fraction of sp³-hybridized carbons (Fsp3) is 0. The van der Waals surface area contributed by atoms with Gasteiger partial charge in [0.25, 0.3) is 0 Å². The zero-order chi connectivity index (χ0) is 19.7. The quantitative estimate of drug-likeness (QED) is 0.474. The SMILES string of the molecule is NS(=O)(=O)c1cccc(Nc2nc(-c3ccccc3)c3cc(Br)ccc3n2)c1. The van der Waals surface area contributed by atoms with Crippen molar-refractivity contribution in [3.05, 3.63) is 77.3 Å². The molecule has 0 fully saturated rings. The number of anilines is 2. The highest BCUT2D eigenvalue weighted by molar-refractivity contribution is 9.10. The molecule has 3 N–H and O–H groups in total. The minimum atomic E-state index is -3.79. The van der Waals surface area contributed by atoms with Crippen molar-refractivity contribution in [2.24, 2.45) is 5.14 Å². The van der Waals surface area contributed by atoms with Gasteiger partial charge in [-0.2, -0.15) is 0 Å². The number of benzene rings is 3. The highest BCUT2D eigenvalue weighted by atomic mass is 79.9. The minimum absolute atomic E-state index is 0.0190. The van der Waals surface area contributed by atoms with Crippen LogP contribution >= 0.6 is 15.9 Å². The number of hydrogen-bond acceptors (Lipinski definition) is 5. The Hall–Kier alpha value is -2.81. The molecular weight excluding hydrogens is 440 g/mol. The molecule has 6 nitrogen and oxygen atoms in total. The Morgan fingerprint density at radius 1 is 0.893 bits per heavy atom. The van der Waals surface area contributed by atoms with Gasteiger partial charge in [-0.05, 0) is 36.4 Å². The lowest BCUT2D eigenvalue weighted by molar-refractivity contribution is 0.598. The van der Waals surface area contributed by atoms with Gasteiger partial charge < -0.3 is 5.32 Å². The van der Waals surface area contributed by atoms with Crippen molar-refractivity contribution in [1.29, 1.82) is 0 Å². The third-order valence-corrected chi connectivity index (χ3v) is 5.53. The fourth-order valence-corrected chi connectivity index (χ4v) is 3.77. The molecule has 4 rings (SSSR count). The van der Waals surface area contributed by atoms with Gasteiger partial charge in [-0.25, -0.2) is 23.5 Å². The predicted molar refractivity (Wildman–Crippen MR) is 114 cm³/mol. The number of hydrogen-bond donors (Lipinski definition) is 2. The largest absolute Gasteiger partial charge is 0.324 e. The molecule has 140 valence electrons. The van der Waals surface area contributed by atoms with E-state index in [0.29, 0.717) is 11.6 Å². The maximum atomic E-state index is 11.6. The summed E-state index contributed by atoms with van der Waals surface area (Å²) in [4.78, 5) is 9.26. The lowest BCUT2D eigenvalue weighted by Crippen LogP contribution is -2.12. The van der Waals surface area contributed by atoms with Gasteiger partial charge in [-0.15, -0.1) is 0 Å². The minimum Gasteiger partial charge on any atom is -0.324 e. The maximum absolute atomic E-state index is 11.6. The van der Waals surface area contributed by atoms with Gasteiger partial charge in [0, 0.05) is 21.1 Å². The zero-order valence-electron chi connectivity index (χ0n) is 14.5. The van der Waals surface area contributed by atoms with Gasteiger partial charge in [0.15, 0.2) is 0 Å². The van der Waals surface area contributed by atoms with Crippen LogP contribution in [0.1, 0.15) is 0 Å². The summed E-state index contributed by atoms with van der Waals surface area (Å²) in [6.07, 6.45) is 0. The summed E-state index contributed by atoms with van der Waals surface area (Å²) in [5.41, 5.74) is 3.02. The van der Waals surface area contributed by atoms with E-state index in [4.69, 9.17) is 5.14 Å². The van der Waals surface area contributed by atoms with Crippen LogP contribution in [-0.4, -0.2) is 18.4 Å². The van der Waals surface area contributed by atoms with Crippen LogP contribution in [0.5, 0.6) is 0 Å². The average Bonchev–Trinajstić information content (AvgIpc) is 2.68. The molecule has 1 aromatic heterocycles. The van der Waals surface area contributed by atoms with Crippen LogP contribution < -0.4 is 10.5 Å². The Labute approximate surface area is 170 Å². The molecule has 1 heterocycles. The summed E-state index contributed by atoms with van der Waals surface area (Å²) in [7, 11) is -3.79. The smallest absolute Gasteiger partial charge is 0.238 e. The molecule has 0 aliphatic rings. The molecule has 0 amide bonds. The van der Waals surface area contributed by atoms with Crippen molar-refractivity contribution >= 4 is 48.5 Å². The van der Waals surface area contributed by atoms with Gasteiger partial charge in [-0.3, -0.25) is 0 Å². The van der Waals surface area contributed by atoms with E-state index in [2.05, 4.69) is 31.2 Å². The van der Waals surface area contributed by atoms with Crippen molar-refractivity contribution in [3.63, 3.8) is 0 Å².